The molecule has 0 saturated carbocycles. The van der Waals surface area contributed by atoms with Crippen LogP contribution in [0.25, 0.3) is 0 Å². The summed E-state index contributed by atoms with van der Waals surface area (Å²) in [6.07, 6.45) is 1.48. The molecule has 1 aromatic rings. The highest BCUT2D eigenvalue weighted by atomic mass is 19.1. The van der Waals surface area contributed by atoms with Crippen molar-refractivity contribution in [3.05, 3.63) is 29.6 Å². The fourth-order valence-electron chi connectivity index (χ4n) is 2.92. The zero-order valence-corrected chi connectivity index (χ0v) is 17.1. The van der Waals surface area contributed by atoms with Crippen LogP contribution < -0.4 is 10.6 Å². The molecule has 0 bridgehead atoms. The highest BCUT2D eigenvalue weighted by Crippen LogP contribution is 2.17. The summed E-state index contributed by atoms with van der Waals surface area (Å²) in [5.74, 6) is -0.430. The Morgan fingerprint density at radius 1 is 1.43 bits per heavy atom. The van der Waals surface area contributed by atoms with E-state index in [-0.39, 0.29) is 24.4 Å². The molecule has 8 heteroatoms. The number of phenols is 1. The number of halogens is 1. The number of likely N-dealkylation sites (tertiary alicyclic amines) is 1. The number of phenolic OH excluding ortho intramolecular Hbond substituents is 1. The first-order valence-corrected chi connectivity index (χ1v) is 9.68. The van der Waals surface area contributed by atoms with Crippen LogP contribution >= 0.6 is 0 Å². The van der Waals surface area contributed by atoms with Gasteiger partial charge in [-0.25, -0.2) is 14.2 Å². The van der Waals surface area contributed by atoms with Crippen molar-refractivity contribution in [3.63, 3.8) is 0 Å². The van der Waals surface area contributed by atoms with Crippen LogP contribution in [0.3, 0.4) is 0 Å². The minimum atomic E-state index is -0.661. The van der Waals surface area contributed by atoms with Gasteiger partial charge >= 0.3 is 6.09 Å². The Labute approximate surface area is 166 Å². The average Bonchev–Trinajstić information content (AvgIpc) is 2.61. The molecule has 1 heterocycles. The van der Waals surface area contributed by atoms with Crippen molar-refractivity contribution >= 4 is 12.1 Å². The first-order valence-electron chi connectivity index (χ1n) is 9.68. The van der Waals surface area contributed by atoms with Crippen molar-refractivity contribution in [1.82, 2.24) is 15.5 Å². The van der Waals surface area contributed by atoms with Gasteiger partial charge in [0.15, 0.2) is 17.5 Å². The average molecular weight is 394 g/mol. The molecule has 28 heavy (non-hydrogen) atoms. The Morgan fingerprint density at radius 2 is 2.18 bits per heavy atom. The van der Waals surface area contributed by atoms with Crippen LogP contribution in [-0.2, 0) is 11.3 Å². The molecule has 0 spiro atoms. The number of guanidine groups is 1. The molecule has 3 N–H and O–H groups in total. The Bertz CT molecular complexity index is 703. The van der Waals surface area contributed by atoms with Crippen LogP contribution in [0, 0.1) is 5.82 Å². The Hall–Kier alpha value is -2.51. The number of nitrogens with one attached hydrogen (secondary N) is 2. The number of amides is 1. The van der Waals surface area contributed by atoms with E-state index in [9.17, 15) is 14.3 Å². The third-order valence-electron chi connectivity index (χ3n) is 4.19. The fourth-order valence-corrected chi connectivity index (χ4v) is 2.92. The van der Waals surface area contributed by atoms with Crippen molar-refractivity contribution in [1.29, 1.82) is 0 Å². The number of carbonyl (C=O) groups excluding carboxylic acids is 1. The molecule has 156 valence electrons. The Kier molecular flexibility index (Phi) is 7.48. The van der Waals surface area contributed by atoms with Crippen molar-refractivity contribution in [2.75, 3.05) is 19.6 Å². The summed E-state index contributed by atoms with van der Waals surface area (Å²) in [6, 6.07) is 4.28. The van der Waals surface area contributed by atoms with Crippen LogP contribution in [-0.4, -0.2) is 53.3 Å². The standard InChI is InChI=1S/C20H31FN4O3/c1-5-22-18(23-12-14-8-9-17(26)16(21)11-14)24-15-7-6-10-25(13-15)19(27)28-20(2,3)4/h8-9,11,15,26H,5-7,10,12-13H2,1-4H3,(H2,22,23,24). The summed E-state index contributed by atoms with van der Waals surface area (Å²) in [6.45, 7) is 9.69. The van der Waals surface area contributed by atoms with Gasteiger partial charge in [0.05, 0.1) is 6.54 Å². The second kappa shape index (κ2) is 9.61. The van der Waals surface area contributed by atoms with E-state index in [1.807, 2.05) is 27.7 Å². The zero-order chi connectivity index (χ0) is 20.7. The maximum absolute atomic E-state index is 13.5. The number of ether oxygens (including phenoxy) is 1. The van der Waals surface area contributed by atoms with Gasteiger partial charge in [-0.3, -0.25) is 0 Å². The summed E-state index contributed by atoms with van der Waals surface area (Å²) in [5.41, 5.74) is 0.138. The lowest BCUT2D eigenvalue weighted by atomic mass is 10.1. The lowest BCUT2D eigenvalue weighted by Crippen LogP contribution is -2.53. The molecule has 1 aliphatic heterocycles. The molecular formula is C20H31FN4O3. The zero-order valence-electron chi connectivity index (χ0n) is 17.1. The maximum atomic E-state index is 13.5. The molecule has 1 aromatic carbocycles. The second-order valence-corrected chi connectivity index (χ2v) is 7.89. The summed E-state index contributed by atoms with van der Waals surface area (Å²) >= 11 is 0. The molecule has 1 saturated heterocycles. The second-order valence-electron chi connectivity index (χ2n) is 7.89. The Balaban J connectivity index is 1.98. The van der Waals surface area contributed by atoms with E-state index in [0.717, 1.165) is 12.8 Å². The molecule has 1 fully saturated rings. The van der Waals surface area contributed by atoms with Crippen LogP contribution in [0.1, 0.15) is 46.1 Å². The molecule has 0 radical (unpaired) electrons. The maximum Gasteiger partial charge on any atom is 0.410 e. The number of hydrogen-bond donors (Lipinski definition) is 3. The van der Waals surface area contributed by atoms with E-state index in [1.165, 1.54) is 12.1 Å². The molecule has 7 nitrogen and oxygen atoms in total. The normalized spacial score (nSPS) is 18.0. The van der Waals surface area contributed by atoms with Gasteiger partial charge in [-0.15, -0.1) is 0 Å². The molecule has 2 rings (SSSR count). The largest absolute Gasteiger partial charge is 0.505 e. The number of rotatable bonds is 4. The third-order valence-corrected chi connectivity index (χ3v) is 4.19. The summed E-state index contributed by atoms with van der Waals surface area (Å²) in [7, 11) is 0. The monoisotopic (exact) mass is 394 g/mol. The van der Waals surface area contributed by atoms with E-state index in [4.69, 9.17) is 4.74 Å². The van der Waals surface area contributed by atoms with Crippen molar-refractivity contribution < 1.29 is 19.0 Å². The minimum absolute atomic E-state index is 0.0515. The number of nitrogens with zero attached hydrogens (tertiary/aromatic N) is 2. The van der Waals surface area contributed by atoms with Crippen LogP contribution in [0.4, 0.5) is 9.18 Å². The molecule has 0 aliphatic carbocycles. The highest BCUT2D eigenvalue weighted by molar-refractivity contribution is 5.80. The summed E-state index contributed by atoms with van der Waals surface area (Å²) < 4.78 is 18.9. The predicted octanol–water partition coefficient (Wildman–Crippen LogP) is 2.99. The van der Waals surface area contributed by atoms with Gasteiger partial charge in [0.1, 0.15) is 5.60 Å². The Morgan fingerprint density at radius 3 is 2.82 bits per heavy atom. The third kappa shape index (κ3) is 6.90. The highest BCUT2D eigenvalue weighted by Gasteiger charge is 2.28. The van der Waals surface area contributed by atoms with E-state index in [0.29, 0.717) is 31.2 Å². The molecule has 1 unspecified atom stereocenters. The van der Waals surface area contributed by atoms with Crippen molar-refractivity contribution in [3.8, 4) is 5.75 Å². The molecule has 1 atom stereocenters. The molecular weight excluding hydrogens is 363 g/mol. The van der Waals surface area contributed by atoms with Crippen molar-refractivity contribution in [2.24, 2.45) is 4.99 Å². The minimum Gasteiger partial charge on any atom is -0.505 e. The van der Waals surface area contributed by atoms with E-state index in [1.54, 1.807) is 11.0 Å². The van der Waals surface area contributed by atoms with Gasteiger partial charge in [-0.2, -0.15) is 0 Å². The van der Waals surface area contributed by atoms with E-state index in [2.05, 4.69) is 15.6 Å². The number of hydrogen-bond acceptors (Lipinski definition) is 4. The van der Waals surface area contributed by atoms with Crippen LogP contribution in [0.5, 0.6) is 5.75 Å². The summed E-state index contributed by atoms with van der Waals surface area (Å²) in [4.78, 5) is 18.5. The predicted molar refractivity (Wildman–Crippen MR) is 107 cm³/mol. The number of piperidine rings is 1. The van der Waals surface area contributed by atoms with Gasteiger partial charge in [0, 0.05) is 25.7 Å². The van der Waals surface area contributed by atoms with Crippen LogP contribution in [0.2, 0.25) is 0 Å². The summed E-state index contributed by atoms with van der Waals surface area (Å²) in [5, 5.41) is 15.8. The molecule has 1 aliphatic rings. The van der Waals surface area contributed by atoms with E-state index < -0.39 is 11.4 Å². The number of benzene rings is 1. The SMILES string of the molecule is CCNC(=NCc1ccc(O)c(F)c1)NC1CCCN(C(=O)OC(C)(C)C)C1. The van der Waals surface area contributed by atoms with Crippen molar-refractivity contribution in [2.45, 2.75) is 58.7 Å². The first kappa shape index (κ1) is 21.8. The fraction of sp³-hybridized carbons (Fsp3) is 0.600. The first-order chi connectivity index (χ1) is 13.2. The smallest absolute Gasteiger partial charge is 0.410 e. The molecule has 0 aromatic heterocycles. The van der Waals surface area contributed by atoms with Gasteiger partial charge in [-0.1, -0.05) is 6.07 Å². The van der Waals surface area contributed by atoms with Gasteiger partial charge in [0.2, 0.25) is 0 Å². The number of aromatic hydroxyl groups is 1. The lowest BCUT2D eigenvalue weighted by molar-refractivity contribution is 0.0193. The topological polar surface area (TPSA) is 86.2 Å². The van der Waals surface area contributed by atoms with Gasteiger partial charge < -0.3 is 25.4 Å². The quantitative estimate of drug-likeness (QED) is 0.540. The van der Waals surface area contributed by atoms with Gasteiger partial charge in [0.25, 0.3) is 0 Å². The van der Waals surface area contributed by atoms with Gasteiger partial charge in [-0.05, 0) is 58.2 Å². The van der Waals surface area contributed by atoms with Crippen LogP contribution in [0.15, 0.2) is 23.2 Å². The molecule has 1 amide bonds. The van der Waals surface area contributed by atoms with E-state index >= 15 is 0 Å². The lowest BCUT2D eigenvalue weighted by Gasteiger charge is -2.35. The number of carbonyl (C=O) groups is 1. The number of aliphatic imine (C=N–C) groups is 1.